The number of nitrogens with zero attached hydrogens (tertiary/aromatic N) is 2. The molecule has 18 heavy (non-hydrogen) atoms. The van der Waals surface area contributed by atoms with E-state index in [1.807, 2.05) is 35.2 Å². The summed E-state index contributed by atoms with van der Waals surface area (Å²) in [4.78, 5) is 13.6. The molecule has 0 radical (unpaired) electrons. The largest absolute Gasteiger partial charge is 0.369 e. The Morgan fingerprint density at radius 1 is 1.11 bits per heavy atom. The van der Waals surface area contributed by atoms with E-state index >= 15 is 0 Å². The smallest absolute Gasteiger partial charge is 0.159 e. The number of ketones is 1. The zero-order chi connectivity index (χ0) is 13.0. The van der Waals surface area contributed by atoms with Crippen LogP contribution in [0.25, 0.3) is 0 Å². The number of piperazine rings is 1. The van der Waals surface area contributed by atoms with Gasteiger partial charge in [0.15, 0.2) is 5.78 Å². The monoisotopic (exact) mass is 282 g/mol. The Morgan fingerprint density at radius 3 is 2.22 bits per heavy atom. The fourth-order valence-electron chi connectivity index (χ4n) is 2.03. The van der Waals surface area contributed by atoms with E-state index in [1.54, 1.807) is 17.7 Å². The van der Waals surface area contributed by atoms with E-state index in [9.17, 15) is 4.79 Å². The molecule has 0 amide bonds. The van der Waals surface area contributed by atoms with Crippen molar-refractivity contribution in [3.8, 4) is 0 Å². The molecule has 0 aromatic heterocycles. The van der Waals surface area contributed by atoms with Crippen molar-refractivity contribution in [3.05, 3.63) is 29.8 Å². The van der Waals surface area contributed by atoms with Crippen molar-refractivity contribution in [2.45, 2.75) is 6.92 Å². The van der Waals surface area contributed by atoms with E-state index < -0.39 is 0 Å². The van der Waals surface area contributed by atoms with Gasteiger partial charge >= 0.3 is 0 Å². The summed E-state index contributed by atoms with van der Waals surface area (Å²) in [6, 6.07) is 7.93. The predicted octanol–water partition coefficient (Wildman–Crippen LogP) is 2.94. The molecule has 1 saturated heterocycles. The van der Waals surface area contributed by atoms with Gasteiger partial charge in [-0.25, -0.2) is 4.31 Å². The summed E-state index contributed by atoms with van der Waals surface area (Å²) in [7, 11) is 3.63. The highest BCUT2D eigenvalue weighted by Crippen LogP contribution is 2.25. The van der Waals surface area contributed by atoms with E-state index in [0.717, 1.165) is 31.7 Å². The minimum Gasteiger partial charge on any atom is -0.369 e. The van der Waals surface area contributed by atoms with Gasteiger partial charge in [-0.2, -0.15) is 0 Å². The number of hydrogen-bond acceptors (Lipinski definition) is 5. The average molecular weight is 282 g/mol. The van der Waals surface area contributed by atoms with Gasteiger partial charge in [0.2, 0.25) is 0 Å². The molecule has 0 aliphatic carbocycles. The summed E-state index contributed by atoms with van der Waals surface area (Å²) in [6.45, 7) is 5.87. The van der Waals surface area contributed by atoms with Crippen molar-refractivity contribution in [1.29, 1.82) is 0 Å². The summed E-state index contributed by atoms with van der Waals surface area (Å²) in [6.07, 6.45) is 2.11. The molecule has 5 heteroatoms. The molecule has 3 nitrogen and oxygen atoms in total. The van der Waals surface area contributed by atoms with Crippen molar-refractivity contribution < 1.29 is 4.79 Å². The average Bonchev–Trinajstić information content (AvgIpc) is 2.40. The first kappa shape index (κ1) is 13.8. The minimum atomic E-state index is 0.128. The van der Waals surface area contributed by atoms with Crippen LogP contribution >= 0.6 is 21.8 Å². The Bertz CT molecular complexity index is 400. The van der Waals surface area contributed by atoms with Crippen molar-refractivity contribution in [2.75, 3.05) is 37.3 Å². The van der Waals surface area contributed by atoms with Crippen LogP contribution in [0.1, 0.15) is 17.3 Å². The highest BCUT2D eigenvalue weighted by atomic mass is 33.1. The van der Waals surface area contributed by atoms with Gasteiger partial charge in [-0.15, -0.1) is 0 Å². The summed E-state index contributed by atoms with van der Waals surface area (Å²) in [5, 5.41) is 0. The molecule has 0 unspecified atom stereocenters. The normalized spacial score (nSPS) is 16.9. The van der Waals surface area contributed by atoms with Gasteiger partial charge in [0.05, 0.1) is 0 Å². The maximum atomic E-state index is 11.2. The maximum Gasteiger partial charge on any atom is 0.159 e. The number of Topliss-reactive ketones (excluding diaryl/α,β-unsaturated/α-hetero) is 1. The van der Waals surface area contributed by atoms with E-state index in [1.165, 1.54) is 5.69 Å². The first-order valence-electron chi connectivity index (χ1n) is 6.02. The van der Waals surface area contributed by atoms with Crippen molar-refractivity contribution in [3.63, 3.8) is 0 Å². The standard InChI is InChI=1S/C13H18N2OS2/c1-11(16)12-3-5-13(6-4-12)14-7-9-15(10-8-14)18-17-2/h3-6H,7-10H2,1-2H3. The Balaban J connectivity index is 1.95. The van der Waals surface area contributed by atoms with Gasteiger partial charge in [-0.1, -0.05) is 10.8 Å². The zero-order valence-electron chi connectivity index (χ0n) is 10.8. The lowest BCUT2D eigenvalue weighted by Crippen LogP contribution is -2.43. The Hall–Kier alpha value is -0.650. The molecule has 0 N–H and O–H groups in total. The first-order chi connectivity index (χ1) is 8.70. The predicted molar refractivity (Wildman–Crippen MR) is 81.3 cm³/mol. The third-order valence-electron chi connectivity index (χ3n) is 3.06. The van der Waals surface area contributed by atoms with Crippen LogP contribution in [-0.2, 0) is 0 Å². The van der Waals surface area contributed by atoms with Gasteiger partial charge in [-0.05, 0) is 48.4 Å². The fraction of sp³-hybridized carbons (Fsp3) is 0.462. The molecule has 1 heterocycles. The molecule has 0 saturated carbocycles. The van der Waals surface area contributed by atoms with Crippen LogP contribution in [0.4, 0.5) is 5.69 Å². The van der Waals surface area contributed by atoms with Crippen LogP contribution in [-0.4, -0.2) is 42.5 Å². The number of anilines is 1. The molecule has 0 bridgehead atoms. The summed E-state index contributed by atoms with van der Waals surface area (Å²) in [5.41, 5.74) is 2.00. The van der Waals surface area contributed by atoms with Gasteiger partial charge in [0.1, 0.15) is 0 Å². The zero-order valence-corrected chi connectivity index (χ0v) is 12.4. The maximum absolute atomic E-state index is 11.2. The van der Waals surface area contributed by atoms with Gasteiger partial charge in [0, 0.05) is 37.4 Å². The van der Waals surface area contributed by atoms with Crippen molar-refractivity contribution >= 4 is 33.2 Å². The number of rotatable bonds is 4. The minimum absolute atomic E-state index is 0.128. The summed E-state index contributed by atoms with van der Waals surface area (Å²) in [5.74, 6) is 0.128. The quantitative estimate of drug-likeness (QED) is 0.480. The first-order valence-corrected chi connectivity index (χ1v) is 8.54. The van der Waals surface area contributed by atoms with Gasteiger partial charge < -0.3 is 4.90 Å². The molecule has 2 rings (SSSR count). The lowest BCUT2D eigenvalue weighted by molar-refractivity contribution is 0.101. The van der Waals surface area contributed by atoms with Crippen molar-refractivity contribution in [1.82, 2.24) is 4.31 Å². The fourth-order valence-corrected chi connectivity index (χ4v) is 3.64. The lowest BCUT2D eigenvalue weighted by atomic mass is 10.1. The Morgan fingerprint density at radius 2 is 1.72 bits per heavy atom. The highest BCUT2D eigenvalue weighted by Gasteiger charge is 2.17. The Labute approximate surface area is 116 Å². The van der Waals surface area contributed by atoms with Crippen LogP contribution < -0.4 is 4.90 Å². The second-order valence-corrected chi connectivity index (χ2v) is 6.71. The Kier molecular flexibility index (Phi) is 4.97. The van der Waals surface area contributed by atoms with Crippen LogP contribution in [0.15, 0.2) is 24.3 Å². The molecule has 1 aromatic carbocycles. The van der Waals surface area contributed by atoms with Crippen molar-refractivity contribution in [2.24, 2.45) is 0 Å². The molecular formula is C13H18N2OS2. The van der Waals surface area contributed by atoms with Gasteiger partial charge in [-0.3, -0.25) is 4.79 Å². The molecule has 1 fully saturated rings. The molecular weight excluding hydrogens is 264 g/mol. The second-order valence-electron chi connectivity index (χ2n) is 4.26. The summed E-state index contributed by atoms with van der Waals surface area (Å²) < 4.78 is 2.39. The number of benzene rings is 1. The van der Waals surface area contributed by atoms with E-state index in [-0.39, 0.29) is 5.78 Å². The van der Waals surface area contributed by atoms with Crippen LogP contribution in [0.5, 0.6) is 0 Å². The third kappa shape index (κ3) is 3.43. The number of carbonyl (C=O) groups excluding carboxylic acids is 1. The highest BCUT2D eigenvalue weighted by molar-refractivity contribution is 8.75. The van der Waals surface area contributed by atoms with Crippen LogP contribution in [0.2, 0.25) is 0 Å². The molecule has 0 atom stereocenters. The van der Waals surface area contributed by atoms with E-state index in [4.69, 9.17) is 0 Å². The second kappa shape index (κ2) is 6.50. The van der Waals surface area contributed by atoms with Gasteiger partial charge in [0.25, 0.3) is 0 Å². The van der Waals surface area contributed by atoms with E-state index in [0.29, 0.717) is 0 Å². The lowest BCUT2D eigenvalue weighted by Gasteiger charge is -2.34. The molecule has 1 aliphatic heterocycles. The molecule has 1 aromatic rings. The number of carbonyl (C=O) groups is 1. The topological polar surface area (TPSA) is 23.6 Å². The molecule has 0 spiro atoms. The third-order valence-corrected chi connectivity index (χ3v) is 4.86. The summed E-state index contributed by atoms with van der Waals surface area (Å²) >= 11 is 0. The van der Waals surface area contributed by atoms with Crippen LogP contribution in [0, 0.1) is 0 Å². The molecule has 98 valence electrons. The SMILES string of the molecule is CSSN1CCN(c2ccc(C(C)=O)cc2)CC1. The van der Waals surface area contributed by atoms with Crippen LogP contribution in [0.3, 0.4) is 0 Å². The number of hydrogen-bond donors (Lipinski definition) is 0. The molecule has 1 aliphatic rings. The van der Waals surface area contributed by atoms with E-state index in [2.05, 4.69) is 15.5 Å².